The summed E-state index contributed by atoms with van der Waals surface area (Å²) in [6.45, 7) is 5.53. The maximum atomic E-state index is 13.7. The number of pyridine rings is 1. The van der Waals surface area contributed by atoms with Gasteiger partial charge in [-0.15, -0.1) is 0 Å². The number of piperidine rings is 1. The summed E-state index contributed by atoms with van der Waals surface area (Å²) in [7, 11) is 3.42. The molecule has 1 fully saturated rings. The first-order valence-corrected chi connectivity index (χ1v) is 11.5. The smallest absolute Gasteiger partial charge is 0.257 e. The van der Waals surface area contributed by atoms with Gasteiger partial charge in [0.25, 0.3) is 5.91 Å². The van der Waals surface area contributed by atoms with Crippen molar-refractivity contribution in [2.75, 3.05) is 32.6 Å². The van der Waals surface area contributed by atoms with Gasteiger partial charge in [0.1, 0.15) is 18.2 Å². The lowest BCUT2D eigenvalue weighted by Gasteiger charge is -2.40. The fourth-order valence-corrected chi connectivity index (χ4v) is 4.42. The number of aryl methyl sites for hydroxylation is 1. The number of aromatic nitrogens is 3. The maximum absolute atomic E-state index is 13.7. The highest BCUT2D eigenvalue weighted by Gasteiger charge is 2.37. The molecule has 3 aromatic rings. The number of nitrogens with one attached hydrogen (secondary N) is 1. The number of hydrogen-bond donors (Lipinski definition) is 1. The zero-order chi connectivity index (χ0) is 24.1. The summed E-state index contributed by atoms with van der Waals surface area (Å²) in [4.78, 5) is 29.1. The topological polar surface area (TPSA) is 89.5 Å². The molecule has 1 aliphatic heterocycles. The number of nitrogens with zero attached hydrogens (tertiary/aromatic N) is 4. The van der Waals surface area contributed by atoms with Crippen LogP contribution in [-0.4, -0.2) is 53.0 Å². The average Bonchev–Trinajstić information content (AvgIpc) is 2.87. The van der Waals surface area contributed by atoms with Crippen molar-refractivity contribution in [1.82, 2.24) is 19.9 Å². The van der Waals surface area contributed by atoms with Gasteiger partial charge >= 0.3 is 0 Å². The molecule has 0 saturated carbocycles. The third-order valence-corrected chi connectivity index (χ3v) is 6.22. The summed E-state index contributed by atoms with van der Waals surface area (Å²) in [5.41, 5.74) is 1.92. The quantitative estimate of drug-likeness (QED) is 0.569. The standard InChI is InChI=1S/C26H31N5O3/c1-18-29-22(15-23(27-3)30-18)26(2)12-8-14-31(17-26)25(32)20-10-7-11-21(33-4)24(20)34-16-19-9-5-6-13-28-19/h5-7,9-11,13,15H,8,12,14,16-17H2,1-4H3,(H,27,29,30). The SMILES string of the molecule is CNc1cc(C2(C)CCCN(C(=O)c3cccc(OC)c3OCc3ccccn3)C2)nc(C)n1. The molecule has 8 heteroatoms. The lowest BCUT2D eigenvalue weighted by atomic mass is 9.78. The van der Waals surface area contributed by atoms with Crippen LogP contribution < -0.4 is 14.8 Å². The van der Waals surface area contributed by atoms with Crippen LogP contribution in [0.2, 0.25) is 0 Å². The Bertz CT molecular complexity index is 1150. The molecule has 1 aromatic carbocycles. The Morgan fingerprint density at radius 2 is 2.06 bits per heavy atom. The molecule has 0 aliphatic carbocycles. The van der Waals surface area contributed by atoms with Crippen molar-refractivity contribution in [3.8, 4) is 11.5 Å². The van der Waals surface area contributed by atoms with E-state index in [1.54, 1.807) is 25.4 Å². The van der Waals surface area contributed by atoms with E-state index in [9.17, 15) is 4.79 Å². The van der Waals surface area contributed by atoms with Gasteiger partial charge in [-0.1, -0.05) is 19.1 Å². The van der Waals surface area contributed by atoms with Gasteiger partial charge in [-0.3, -0.25) is 9.78 Å². The first kappa shape index (κ1) is 23.5. The molecule has 178 valence electrons. The Hall–Kier alpha value is -3.68. The van der Waals surface area contributed by atoms with Crippen molar-refractivity contribution in [3.63, 3.8) is 0 Å². The van der Waals surface area contributed by atoms with E-state index in [1.165, 1.54) is 0 Å². The number of anilines is 1. The molecule has 34 heavy (non-hydrogen) atoms. The van der Waals surface area contributed by atoms with E-state index in [0.29, 0.717) is 36.0 Å². The molecule has 2 aromatic heterocycles. The molecule has 1 saturated heterocycles. The van der Waals surface area contributed by atoms with E-state index in [1.807, 2.05) is 49.2 Å². The fourth-order valence-electron chi connectivity index (χ4n) is 4.42. The van der Waals surface area contributed by atoms with Crippen LogP contribution in [-0.2, 0) is 12.0 Å². The minimum absolute atomic E-state index is 0.0829. The number of rotatable bonds is 7. The van der Waals surface area contributed by atoms with Gasteiger partial charge in [0.15, 0.2) is 11.5 Å². The van der Waals surface area contributed by atoms with Crippen LogP contribution in [0, 0.1) is 6.92 Å². The number of benzene rings is 1. The second kappa shape index (κ2) is 10.1. The van der Waals surface area contributed by atoms with Crippen LogP contribution in [0.5, 0.6) is 11.5 Å². The van der Waals surface area contributed by atoms with E-state index >= 15 is 0 Å². The average molecular weight is 462 g/mol. The van der Waals surface area contributed by atoms with E-state index < -0.39 is 0 Å². The van der Waals surface area contributed by atoms with Gasteiger partial charge < -0.3 is 19.7 Å². The number of likely N-dealkylation sites (tertiary alicyclic amines) is 1. The highest BCUT2D eigenvalue weighted by Crippen LogP contribution is 2.37. The van der Waals surface area contributed by atoms with Crippen LogP contribution in [0.15, 0.2) is 48.7 Å². The van der Waals surface area contributed by atoms with Crippen LogP contribution in [0.25, 0.3) is 0 Å². The number of ether oxygens (including phenoxy) is 2. The second-order valence-electron chi connectivity index (χ2n) is 8.77. The van der Waals surface area contributed by atoms with Gasteiger partial charge in [0.05, 0.1) is 24.1 Å². The Morgan fingerprint density at radius 1 is 1.21 bits per heavy atom. The number of amides is 1. The predicted molar refractivity (Wildman–Crippen MR) is 130 cm³/mol. The van der Waals surface area contributed by atoms with Gasteiger partial charge in [0.2, 0.25) is 0 Å². The molecule has 0 radical (unpaired) electrons. The van der Waals surface area contributed by atoms with E-state index in [-0.39, 0.29) is 17.9 Å². The number of methoxy groups -OCH3 is 1. The molecule has 1 atom stereocenters. The third kappa shape index (κ3) is 4.95. The van der Waals surface area contributed by atoms with Crippen LogP contribution in [0.4, 0.5) is 5.82 Å². The molecule has 1 aliphatic rings. The highest BCUT2D eigenvalue weighted by atomic mass is 16.5. The molecule has 0 bridgehead atoms. The first-order valence-electron chi connectivity index (χ1n) is 11.5. The molecule has 4 rings (SSSR count). The number of carbonyl (C=O) groups is 1. The normalized spacial score (nSPS) is 17.8. The van der Waals surface area contributed by atoms with Crippen molar-refractivity contribution >= 4 is 11.7 Å². The Morgan fingerprint density at radius 3 is 2.79 bits per heavy atom. The fraction of sp³-hybridized carbons (Fsp3) is 0.385. The van der Waals surface area contributed by atoms with Crippen molar-refractivity contribution in [2.45, 2.75) is 38.7 Å². The molecule has 1 unspecified atom stereocenters. The van der Waals surface area contributed by atoms with Crippen LogP contribution >= 0.6 is 0 Å². The monoisotopic (exact) mass is 461 g/mol. The minimum Gasteiger partial charge on any atom is -0.493 e. The highest BCUT2D eigenvalue weighted by molar-refractivity contribution is 5.98. The Balaban J connectivity index is 1.60. The molecule has 0 spiro atoms. The molecular formula is C26H31N5O3. The molecule has 1 N–H and O–H groups in total. The zero-order valence-corrected chi connectivity index (χ0v) is 20.2. The van der Waals surface area contributed by atoms with E-state index in [2.05, 4.69) is 22.2 Å². The van der Waals surface area contributed by atoms with Crippen molar-refractivity contribution in [1.29, 1.82) is 0 Å². The maximum Gasteiger partial charge on any atom is 0.257 e. The van der Waals surface area contributed by atoms with E-state index in [0.717, 1.165) is 30.0 Å². The van der Waals surface area contributed by atoms with Crippen molar-refractivity contribution < 1.29 is 14.3 Å². The lowest BCUT2D eigenvalue weighted by Crippen LogP contribution is -2.47. The first-order chi connectivity index (χ1) is 16.4. The minimum atomic E-state index is -0.277. The second-order valence-corrected chi connectivity index (χ2v) is 8.77. The number of hydrogen-bond acceptors (Lipinski definition) is 7. The van der Waals surface area contributed by atoms with Gasteiger partial charge in [0, 0.05) is 37.8 Å². The summed E-state index contributed by atoms with van der Waals surface area (Å²) in [6.07, 6.45) is 3.54. The zero-order valence-electron chi connectivity index (χ0n) is 20.2. The molecule has 1 amide bonds. The molecule has 3 heterocycles. The van der Waals surface area contributed by atoms with Crippen LogP contribution in [0.1, 0.15) is 47.3 Å². The Kier molecular flexibility index (Phi) is 6.95. The molecule has 8 nitrogen and oxygen atoms in total. The van der Waals surface area contributed by atoms with Gasteiger partial charge in [-0.25, -0.2) is 9.97 Å². The largest absolute Gasteiger partial charge is 0.493 e. The van der Waals surface area contributed by atoms with Gasteiger partial charge in [-0.2, -0.15) is 0 Å². The van der Waals surface area contributed by atoms with Gasteiger partial charge in [-0.05, 0) is 44.0 Å². The summed E-state index contributed by atoms with van der Waals surface area (Å²) in [5.74, 6) is 2.37. The number of carbonyl (C=O) groups excluding carboxylic acids is 1. The van der Waals surface area contributed by atoms with E-state index in [4.69, 9.17) is 14.5 Å². The van der Waals surface area contributed by atoms with Crippen LogP contribution in [0.3, 0.4) is 0 Å². The number of para-hydroxylation sites is 1. The third-order valence-electron chi connectivity index (χ3n) is 6.22. The summed E-state index contributed by atoms with van der Waals surface area (Å²) >= 11 is 0. The summed E-state index contributed by atoms with van der Waals surface area (Å²) in [5, 5.41) is 3.10. The summed E-state index contributed by atoms with van der Waals surface area (Å²) < 4.78 is 11.6. The van der Waals surface area contributed by atoms with Crippen molar-refractivity contribution in [3.05, 3.63) is 71.4 Å². The summed E-state index contributed by atoms with van der Waals surface area (Å²) in [6, 6.07) is 13.0. The van der Waals surface area contributed by atoms with Crippen molar-refractivity contribution in [2.24, 2.45) is 0 Å². The Labute approximate surface area is 200 Å². The predicted octanol–water partition coefficient (Wildman–Crippen LogP) is 4.00. The lowest BCUT2D eigenvalue weighted by molar-refractivity contribution is 0.0642. The molecular weight excluding hydrogens is 430 g/mol.